The van der Waals surface area contributed by atoms with Crippen LogP contribution < -0.4 is 0 Å². The topological polar surface area (TPSA) is 53.4 Å². The SMILES string of the molecule is Cc1ccc(C(c2ccccc2)N2CCCC2C(=O)O)nc1. The van der Waals surface area contributed by atoms with E-state index in [0.29, 0.717) is 6.42 Å². The van der Waals surface area contributed by atoms with Crippen LogP contribution in [0.15, 0.2) is 48.7 Å². The van der Waals surface area contributed by atoms with Crippen LogP contribution in [0.3, 0.4) is 0 Å². The van der Waals surface area contributed by atoms with E-state index in [0.717, 1.165) is 29.8 Å². The zero-order chi connectivity index (χ0) is 15.5. The molecule has 1 aromatic carbocycles. The van der Waals surface area contributed by atoms with Gasteiger partial charge in [-0.3, -0.25) is 14.7 Å². The molecule has 22 heavy (non-hydrogen) atoms. The smallest absolute Gasteiger partial charge is 0.320 e. The van der Waals surface area contributed by atoms with Gasteiger partial charge in [-0.1, -0.05) is 36.4 Å². The van der Waals surface area contributed by atoms with Crippen molar-refractivity contribution in [3.05, 3.63) is 65.5 Å². The van der Waals surface area contributed by atoms with Crippen molar-refractivity contribution in [3.63, 3.8) is 0 Å². The lowest BCUT2D eigenvalue weighted by Gasteiger charge is -2.31. The monoisotopic (exact) mass is 296 g/mol. The standard InChI is InChI=1S/C18H20N2O2/c1-13-9-10-15(19-12-13)17(14-6-3-2-4-7-14)20-11-5-8-16(20)18(21)22/h2-4,6-7,9-10,12,16-17H,5,8,11H2,1H3,(H,21,22). The van der Waals surface area contributed by atoms with E-state index in [1.807, 2.05) is 55.6 Å². The molecule has 2 aromatic rings. The third-order valence-electron chi connectivity index (χ3n) is 4.24. The Balaban J connectivity index is 2.03. The van der Waals surface area contributed by atoms with Crippen LogP contribution in [-0.4, -0.2) is 33.5 Å². The summed E-state index contributed by atoms with van der Waals surface area (Å²) in [6.07, 6.45) is 3.45. The zero-order valence-corrected chi connectivity index (χ0v) is 12.6. The number of carbonyl (C=O) groups is 1. The summed E-state index contributed by atoms with van der Waals surface area (Å²) in [6, 6.07) is 13.5. The number of nitrogens with zero attached hydrogens (tertiary/aromatic N) is 2. The van der Waals surface area contributed by atoms with Gasteiger partial charge in [0.05, 0.1) is 11.7 Å². The molecule has 0 bridgehead atoms. The van der Waals surface area contributed by atoms with Crippen molar-refractivity contribution in [2.75, 3.05) is 6.54 Å². The number of carboxylic acid groups (broad SMARTS) is 1. The van der Waals surface area contributed by atoms with Crippen LogP contribution >= 0.6 is 0 Å². The first-order chi connectivity index (χ1) is 10.7. The molecule has 0 spiro atoms. The Morgan fingerprint density at radius 2 is 2.05 bits per heavy atom. The zero-order valence-electron chi connectivity index (χ0n) is 12.6. The maximum absolute atomic E-state index is 11.6. The quantitative estimate of drug-likeness (QED) is 0.942. The fourth-order valence-electron chi connectivity index (χ4n) is 3.17. The highest BCUT2D eigenvalue weighted by Crippen LogP contribution is 2.33. The van der Waals surface area contributed by atoms with E-state index in [1.165, 1.54) is 0 Å². The summed E-state index contributed by atoms with van der Waals surface area (Å²) in [4.78, 5) is 18.2. The van der Waals surface area contributed by atoms with Crippen molar-refractivity contribution in [1.82, 2.24) is 9.88 Å². The number of aryl methyl sites for hydroxylation is 1. The lowest BCUT2D eigenvalue weighted by Crippen LogP contribution is -2.39. The molecular formula is C18H20N2O2. The van der Waals surface area contributed by atoms with E-state index < -0.39 is 12.0 Å². The van der Waals surface area contributed by atoms with Crippen LogP contribution in [0.25, 0.3) is 0 Å². The largest absolute Gasteiger partial charge is 0.480 e. The van der Waals surface area contributed by atoms with Crippen LogP contribution in [0, 0.1) is 6.92 Å². The van der Waals surface area contributed by atoms with E-state index in [9.17, 15) is 9.90 Å². The number of pyridine rings is 1. The number of aromatic nitrogens is 1. The van der Waals surface area contributed by atoms with Crippen LogP contribution in [0.2, 0.25) is 0 Å². The number of hydrogen-bond acceptors (Lipinski definition) is 3. The van der Waals surface area contributed by atoms with Gasteiger partial charge in [-0.25, -0.2) is 0 Å². The lowest BCUT2D eigenvalue weighted by atomic mass is 10.00. The first kappa shape index (κ1) is 14.7. The number of rotatable bonds is 4. The molecule has 2 atom stereocenters. The predicted octanol–water partition coefficient (Wildman–Crippen LogP) is 3.03. The van der Waals surface area contributed by atoms with Crippen LogP contribution in [-0.2, 0) is 4.79 Å². The number of carboxylic acids is 1. The minimum absolute atomic E-state index is 0.106. The van der Waals surface area contributed by atoms with Crippen LogP contribution in [0.4, 0.5) is 0 Å². The van der Waals surface area contributed by atoms with E-state index in [2.05, 4.69) is 9.88 Å². The Hall–Kier alpha value is -2.20. The summed E-state index contributed by atoms with van der Waals surface area (Å²) >= 11 is 0. The fourth-order valence-corrected chi connectivity index (χ4v) is 3.17. The molecule has 1 aromatic heterocycles. The second-order valence-electron chi connectivity index (χ2n) is 5.81. The molecule has 0 saturated carbocycles. The number of likely N-dealkylation sites (tertiary alicyclic amines) is 1. The predicted molar refractivity (Wildman–Crippen MR) is 84.6 cm³/mol. The molecule has 3 rings (SSSR count). The maximum atomic E-state index is 11.6. The van der Waals surface area contributed by atoms with Crippen LogP contribution in [0.1, 0.15) is 35.7 Å². The summed E-state index contributed by atoms with van der Waals surface area (Å²) in [5.41, 5.74) is 3.10. The van der Waals surface area contributed by atoms with Crippen molar-refractivity contribution >= 4 is 5.97 Å². The van der Waals surface area contributed by atoms with Gasteiger partial charge in [0.1, 0.15) is 6.04 Å². The van der Waals surface area contributed by atoms with E-state index in [4.69, 9.17) is 0 Å². The van der Waals surface area contributed by atoms with Crippen LogP contribution in [0.5, 0.6) is 0 Å². The van der Waals surface area contributed by atoms with Gasteiger partial charge in [0.25, 0.3) is 0 Å². The highest BCUT2D eigenvalue weighted by Gasteiger charge is 2.37. The number of hydrogen-bond donors (Lipinski definition) is 1. The summed E-state index contributed by atoms with van der Waals surface area (Å²) in [7, 11) is 0. The fraction of sp³-hybridized carbons (Fsp3) is 0.333. The molecule has 4 heteroatoms. The van der Waals surface area contributed by atoms with Gasteiger partial charge in [0.2, 0.25) is 0 Å². The molecule has 1 aliphatic rings. The van der Waals surface area contributed by atoms with Gasteiger partial charge in [0, 0.05) is 12.7 Å². The maximum Gasteiger partial charge on any atom is 0.320 e. The first-order valence-corrected chi connectivity index (χ1v) is 7.63. The average molecular weight is 296 g/mol. The van der Waals surface area contributed by atoms with Gasteiger partial charge >= 0.3 is 5.97 Å². The van der Waals surface area contributed by atoms with E-state index >= 15 is 0 Å². The molecule has 2 heterocycles. The van der Waals surface area contributed by atoms with E-state index in [-0.39, 0.29) is 6.04 Å². The molecule has 2 unspecified atom stereocenters. The number of aliphatic carboxylic acids is 1. The molecule has 1 aliphatic heterocycles. The van der Waals surface area contributed by atoms with Gasteiger partial charge in [-0.05, 0) is 37.0 Å². The summed E-state index contributed by atoms with van der Waals surface area (Å²) in [5.74, 6) is -0.745. The van der Waals surface area contributed by atoms with Crippen molar-refractivity contribution in [3.8, 4) is 0 Å². The summed E-state index contributed by atoms with van der Waals surface area (Å²) in [6.45, 7) is 2.79. The third kappa shape index (κ3) is 2.88. The third-order valence-corrected chi connectivity index (χ3v) is 4.24. The molecule has 0 amide bonds. The second-order valence-corrected chi connectivity index (χ2v) is 5.81. The van der Waals surface area contributed by atoms with Crippen molar-refractivity contribution < 1.29 is 9.90 Å². The Labute approximate surface area is 130 Å². The minimum Gasteiger partial charge on any atom is -0.480 e. The summed E-state index contributed by atoms with van der Waals surface area (Å²) < 4.78 is 0. The Morgan fingerprint density at radius 3 is 2.68 bits per heavy atom. The number of benzene rings is 1. The molecule has 114 valence electrons. The summed E-state index contributed by atoms with van der Waals surface area (Å²) in [5, 5.41) is 9.51. The first-order valence-electron chi connectivity index (χ1n) is 7.63. The molecule has 1 N–H and O–H groups in total. The molecule has 0 aliphatic carbocycles. The second kappa shape index (κ2) is 6.28. The lowest BCUT2D eigenvalue weighted by molar-refractivity contribution is -0.142. The Kier molecular flexibility index (Phi) is 4.20. The molecule has 4 nitrogen and oxygen atoms in total. The molecule has 0 radical (unpaired) electrons. The molecule has 1 fully saturated rings. The average Bonchev–Trinajstić information content (AvgIpc) is 3.00. The highest BCUT2D eigenvalue weighted by molar-refractivity contribution is 5.74. The van der Waals surface area contributed by atoms with E-state index in [1.54, 1.807) is 0 Å². The Bertz CT molecular complexity index is 640. The Morgan fingerprint density at radius 1 is 1.27 bits per heavy atom. The van der Waals surface area contributed by atoms with Crippen molar-refractivity contribution in [1.29, 1.82) is 0 Å². The highest BCUT2D eigenvalue weighted by atomic mass is 16.4. The van der Waals surface area contributed by atoms with Gasteiger partial charge in [-0.2, -0.15) is 0 Å². The van der Waals surface area contributed by atoms with Gasteiger partial charge < -0.3 is 5.11 Å². The van der Waals surface area contributed by atoms with Gasteiger partial charge in [-0.15, -0.1) is 0 Å². The van der Waals surface area contributed by atoms with Crippen molar-refractivity contribution in [2.24, 2.45) is 0 Å². The molecular weight excluding hydrogens is 276 g/mol. The minimum atomic E-state index is -0.745. The normalized spacial score (nSPS) is 20.0. The van der Waals surface area contributed by atoms with Gasteiger partial charge in [0.15, 0.2) is 0 Å². The molecule has 1 saturated heterocycles. The van der Waals surface area contributed by atoms with Crippen molar-refractivity contribution in [2.45, 2.75) is 31.8 Å².